The van der Waals surface area contributed by atoms with Crippen molar-refractivity contribution in [1.29, 1.82) is 0 Å². The van der Waals surface area contributed by atoms with Crippen LogP contribution in [0, 0.1) is 0 Å². The first-order valence-corrected chi connectivity index (χ1v) is 7.61. The molecule has 0 bridgehead atoms. The van der Waals surface area contributed by atoms with Crippen molar-refractivity contribution in [2.24, 2.45) is 5.73 Å². The Morgan fingerprint density at radius 1 is 0.944 bits per heavy atom. The summed E-state index contributed by atoms with van der Waals surface area (Å²) in [6.07, 6.45) is -0.211. The van der Waals surface area contributed by atoms with Crippen molar-refractivity contribution in [3.63, 3.8) is 0 Å². The van der Waals surface area contributed by atoms with E-state index in [2.05, 4.69) is 0 Å². The maximum atomic E-state index is 10.6. The molecule has 18 heavy (non-hydrogen) atoms. The Kier molecular flexibility index (Phi) is 14.0. The summed E-state index contributed by atoms with van der Waals surface area (Å²) in [5, 5.41) is 5.45. The molecule has 12 heteroatoms. The summed E-state index contributed by atoms with van der Waals surface area (Å²) < 4.78 is 21.2. The Morgan fingerprint density at radius 2 is 1.33 bits per heavy atom. The molecule has 98 valence electrons. The van der Waals surface area contributed by atoms with E-state index in [1.165, 1.54) is 0 Å². The molecule has 0 aromatic carbocycles. The minimum absolute atomic E-state index is 0. The van der Waals surface area contributed by atoms with E-state index >= 15 is 0 Å². The molecule has 0 radical (unpaired) electrons. The number of hydrogen-bond acceptors (Lipinski definition) is 8. The van der Waals surface area contributed by atoms with E-state index < -0.39 is 26.7 Å². The van der Waals surface area contributed by atoms with Gasteiger partial charge in [-0.25, -0.2) is 0 Å². The van der Waals surface area contributed by atoms with Gasteiger partial charge in [-0.2, -0.15) is 0 Å². The predicted molar refractivity (Wildman–Crippen MR) is 47.7 cm³/mol. The number of unbranched alkanes of at least 4 members (excludes halogenated alkanes) is 2. The number of nitrogens with two attached hydrogens (primary N) is 1. The summed E-state index contributed by atoms with van der Waals surface area (Å²) in [6, 6.07) is 0. The molecule has 0 unspecified atom stereocenters. The molecule has 8 nitrogen and oxygen atoms in total. The quantitative estimate of drug-likeness (QED) is 0.264. The Bertz CT molecular complexity index is 295. The number of rotatable bonds is 7. The van der Waals surface area contributed by atoms with Crippen LogP contribution in [0.2, 0.25) is 0 Å². The van der Waals surface area contributed by atoms with Crippen LogP contribution in [0.15, 0.2) is 0 Å². The van der Waals surface area contributed by atoms with Crippen LogP contribution in [0.3, 0.4) is 0 Å². The first-order chi connectivity index (χ1) is 7.06. The molecular formula is C6H13NNa2O7P2-2. The third-order valence-electron chi connectivity index (χ3n) is 2.09. The summed E-state index contributed by atoms with van der Waals surface area (Å²) in [4.78, 5) is 42.4. The average molecular weight is 319 g/mol. The molecule has 0 atom stereocenters. The molecule has 0 aromatic rings. The molecule has 0 saturated carbocycles. The maximum absolute atomic E-state index is 10.6. The summed E-state index contributed by atoms with van der Waals surface area (Å²) in [5.41, 5.74) is 5.13. The van der Waals surface area contributed by atoms with Gasteiger partial charge in [-0.15, -0.1) is 0 Å². The summed E-state index contributed by atoms with van der Waals surface area (Å²) >= 11 is 0. The van der Waals surface area contributed by atoms with Gasteiger partial charge >= 0.3 is 59.1 Å². The van der Waals surface area contributed by atoms with Gasteiger partial charge in [-0.1, -0.05) is 6.42 Å². The first kappa shape index (κ1) is 25.2. The second-order valence-electron chi connectivity index (χ2n) is 3.37. The molecule has 0 heterocycles. The van der Waals surface area contributed by atoms with Gasteiger partial charge < -0.3 is 39.5 Å². The smallest absolute Gasteiger partial charge is 0.808 e. The van der Waals surface area contributed by atoms with E-state index in [1.807, 2.05) is 0 Å². The van der Waals surface area contributed by atoms with Gasteiger partial charge in [0.05, 0.1) is 0 Å². The van der Waals surface area contributed by atoms with Crippen LogP contribution in [-0.4, -0.2) is 16.7 Å². The van der Waals surface area contributed by atoms with E-state index in [9.17, 15) is 33.8 Å². The molecule has 0 aliphatic rings. The molecule has 0 saturated heterocycles. The number of aliphatic hydroxyl groups is 1. The van der Waals surface area contributed by atoms with Crippen molar-refractivity contribution >= 4 is 15.2 Å². The molecule has 0 rings (SSSR count). The van der Waals surface area contributed by atoms with Gasteiger partial charge in [0.1, 0.15) is 5.08 Å². The fraction of sp³-hybridized carbons (Fsp3) is 1.00. The van der Waals surface area contributed by atoms with Crippen LogP contribution in [-0.2, 0) is 9.13 Å². The van der Waals surface area contributed by atoms with Crippen LogP contribution in [0.4, 0.5) is 0 Å². The predicted octanol–water partition coefficient (Wildman–Crippen LogP) is -9.01. The summed E-state index contributed by atoms with van der Waals surface area (Å²) in [6.45, 7) is 0.303. The minimum Gasteiger partial charge on any atom is -0.808 e. The maximum Gasteiger partial charge on any atom is 1.00 e. The van der Waals surface area contributed by atoms with Crippen molar-refractivity contribution in [3.8, 4) is 0 Å². The van der Waals surface area contributed by atoms with Crippen LogP contribution in [0.1, 0.15) is 25.7 Å². The third-order valence-corrected chi connectivity index (χ3v) is 5.76. The van der Waals surface area contributed by atoms with E-state index in [0.717, 1.165) is 0 Å². The second kappa shape index (κ2) is 10.0. The van der Waals surface area contributed by atoms with Crippen molar-refractivity contribution in [2.45, 2.75) is 30.8 Å². The zero-order valence-electron chi connectivity index (χ0n) is 10.4. The summed E-state index contributed by atoms with van der Waals surface area (Å²) in [5.74, 6) is 0. The van der Waals surface area contributed by atoms with E-state index in [-0.39, 0.29) is 65.5 Å². The van der Waals surface area contributed by atoms with Crippen LogP contribution >= 0.6 is 15.2 Å². The van der Waals surface area contributed by atoms with Gasteiger partial charge in [0, 0.05) is 0 Å². The van der Waals surface area contributed by atoms with Gasteiger partial charge in [0.2, 0.25) is 0 Å². The van der Waals surface area contributed by atoms with Crippen molar-refractivity contribution in [3.05, 3.63) is 0 Å². The Hall–Kier alpha value is 2.22. The zero-order valence-corrected chi connectivity index (χ0v) is 16.2. The SMILES string of the molecule is NCCCCCC(O)(P(=O)([O-])[O-])P(=O)([O-])[O-].[Na+].[Na+]. The molecule has 0 aliphatic carbocycles. The molecule has 0 spiro atoms. The molecule has 0 amide bonds. The van der Waals surface area contributed by atoms with Gasteiger partial charge in [0.25, 0.3) is 0 Å². The summed E-state index contributed by atoms with van der Waals surface area (Å²) in [7, 11) is -11.8. The zero-order chi connectivity index (χ0) is 13.0. The first-order valence-electron chi connectivity index (χ1n) is 4.53. The normalized spacial score (nSPS) is 12.6. The van der Waals surface area contributed by atoms with Gasteiger partial charge in [-0.3, -0.25) is 0 Å². The van der Waals surface area contributed by atoms with E-state index in [4.69, 9.17) is 5.73 Å². The van der Waals surface area contributed by atoms with E-state index in [0.29, 0.717) is 19.4 Å². The molecule has 0 aliphatic heterocycles. The fourth-order valence-corrected chi connectivity index (χ4v) is 3.17. The van der Waals surface area contributed by atoms with E-state index in [1.54, 1.807) is 0 Å². The van der Waals surface area contributed by atoms with Crippen molar-refractivity contribution in [1.82, 2.24) is 0 Å². The third kappa shape index (κ3) is 7.29. The Labute approximate surface area is 150 Å². The Morgan fingerprint density at radius 3 is 1.61 bits per heavy atom. The minimum atomic E-state index is -5.92. The molecular weight excluding hydrogens is 306 g/mol. The van der Waals surface area contributed by atoms with Crippen molar-refractivity contribution in [2.75, 3.05) is 6.54 Å². The van der Waals surface area contributed by atoms with Crippen LogP contribution < -0.4 is 84.4 Å². The fourth-order valence-electron chi connectivity index (χ4n) is 1.11. The topological polar surface area (TPSA) is 173 Å². The molecule has 0 fully saturated rings. The Balaban J connectivity index is -0.00000112. The van der Waals surface area contributed by atoms with Gasteiger partial charge in [0.15, 0.2) is 0 Å². The second-order valence-corrected chi connectivity index (χ2v) is 7.19. The monoisotopic (exact) mass is 319 g/mol. The molecule has 0 aromatic heterocycles. The van der Waals surface area contributed by atoms with Crippen LogP contribution in [0.5, 0.6) is 0 Å². The largest absolute Gasteiger partial charge is 1.00 e. The average Bonchev–Trinajstić information content (AvgIpc) is 2.08. The van der Waals surface area contributed by atoms with Crippen molar-refractivity contribution < 1.29 is 92.9 Å². The van der Waals surface area contributed by atoms with Gasteiger partial charge in [-0.05, 0) is 41.0 Å². The standard InChI is InChI=1S/C6H17NO7P2.2Na/c7-5-3-1-2-4-6(8,15(9,10)11)16(12,13)14;;/h8H,1-5,7H2,(H2,9,10,11)(H2,12,13,14);;/q;2*+1/p-4. The number of hydrogen-bond donors (Lipinski definition) is 2. The van der Waals surface area contributed by atoms with Crippen LogP contribution in [0.25, 0.3) is 0 Å². The molecule has 3 N–H and O–H groups in total.